The van der Waals surface area contributed by atoms with Crippen LogP contribution >= 0.6 is 0 Å². The average Bonchev–Trinajstić information content (AvgIpc) is 4.01. The molecule has 6 aliphatic rings. The number of hydrogen-bond acceptors (Lipinski definition) is 5. The Morgan fingerprint density at radius 3 is 1.59 bits per heavy atom. The summed E-state index contributed by atoms with van der Waals surface area (Å²) in [6.45, 7) is 11.7. The Bertz CT molecular complexity index is 3090. The van der Waals surface area contributed by atoms with Crippen molar-refractivity contribution in [3.8, 4) is 33.8 Å². The van der Waals surface area contributed by atoms with Crippen molar-refractivity contribution in [3.63, 3.8) is 0 Å². The third-order valence-corrected chi connectivity index (χ3v) is 16.9. The van der Waals surface area contributed by atoms with Gasteiger partial charge in [0.25, 0.3) is 0 Å². The first-order chi connectivity index (χ1) is 29.6. The molecular weight excluding hydrogens is 928 g/mol. The van der Waals surface area contributed by atoms with Crippen LogP contribution in [-0.2, 0) is 34.1 Å². The molecule has 61 heavy (non-hydrogen) atoms. The predicted octanol–water partition coefficient (Wildman–Crippen LogP) is 11.4. The van der Waals surface area contributed by atoms with Gasteiger partial charge in [-0.05, 0) is 0 Å². The van der Waals surface area contributed by atoms with Gasteiger partial charge in [-0.1, -0.05) is 0 Å². The molecular formula is C55H42N4OPt-2. The Hall–Kier alpha value is -6.29. The Morgan fingerprint density at radius 1 is 0.492 bits per heavy atom. The summed E-state index contributed by atoms with van der Waals surface area (Å²) in [6.07, 6.45) is 4.71. The maximum atomic E-state index is 7.16. The molecule has 0 unspecified atom stereocenters. The fourth-order valence-electron chi connectivity index (χ4n) is 11.1. The van der Waals surface area contributed by atoms with Crippen LogP contribution in [0.15, 0.2) is 164 Å². The van der Waals surface area contributed by atoms with Crippen molar-refractivity contribution >= 4 is 19.7 Å². The van der Waals surface area contributed by atoms with Gasteiger partial charge in [0.05, 0.1) is 0 Å². The van der Waals surface area contributed by atoms with E-state index >= 15 is 0 Å². The van der Waals surface area contributed by atoms with Crippen LogP contribution in [0, 0.1) is 12.1 Å². The summed E-state index contributed by atoms with van der Waals surface area (Å²) in [4.78, 5) is 10.6. The Morgan fingerprint density at radius 2 is 1.00 bits per heavy atom. The van der Waals surface area contributed by atoms with E-state index in [-0.39, 0.29) is 5.41 Å². The molecule has 6 bridgehead atoms. The number of ether oxygens (including phenoxy) is 1. The van der Waals surface area contributed by atoms with Crippen molar-refractivity contribution in [2.24, 2.45) is 0 Å². The molecule has 0 radical (unpaired) electrons. The van der Waals surface area contributed by atoms with Crippen LogP contribution < -0.4 is 14.5 Å². The molecule has 300 valence electrons. The van der Waals surface area contributed by atoms with Crippen LogP contribution in [0.25, 0.3) is 22.3 Å². The minimum atomic E-state index is -0.932. The van der Waals surface area contributed by atoms with E-state index in [4.69, 9.17) is 4.74 Å². The SMILES string of the molecule is CC(C)(C)c1cc2[c-]c(c1)C1(c3ccccc3-c3ccccc31)N1C=CN3[C]1=[Pt]=[C]1N(c4ccccc4N1C3(C)C)C1(c3[c-]c(ccc3)O2)c2ccccc2-c2ccccc21. The molecule has 0 saturated heterocycles. The summed E-state index contributed by atoms with van der Waals surface area (Å²) in [7, 11) is 0. The predicted molar refractivity (Wildman–Crippen MR) is 241 cm³/mol. The van der Waals surface area contributed by atoms with E-state index < -0.39 is 34.4 Å². The third-order valence-electron chi connectivity index (χ3n) is 13.7. The minimum absolute atomic E-state index is 0.175. The van der Waals surface area contributed by atoms with Gasteiger partial charge in [-0.2, -0.15) is 0 Å². The Kier molecular flexibility index (Phi) is 6.95. The van der Waals surface area contributed by atoms with E-state index in [1.807, 2.05) is 0 Å². The molecule has 0 N–H and O–H groups in total. The number of rotatable bonds is 0. The molecule has 6 heteroatoms. The molecule has 0 fully saturated rings. The van der Waals surface area contributed by atoms with Gasteiger partial charge in [0.15, 0.2) is 0 Å². The molecule has 0 aromatic heterocycles. The van der Waals surface area contributed by atoms with Gasteiger partial charge in [0.2, 0.25) is 0 Å². The van der Waals surface area contributed by atoms with Gasteiger partial charge in [0.1, 0.15) is 0 Å². The van der Waals surface area contributed by atoms with Crippen molar-refractivity contribution < 1.29 is 22.4 Å². The van der Waals surface area contributed by atoms with Crippen LogP contribution in [-0.4, -0.2) is 23.8 Å². The van der Waals surface area contributed by atoms with Crippen LogP contribution in [0.2, 0.25) is 0 Å². The van der Waals surface area contributed by atoms with Crippen molar-refractivity contribution in [2.45, 2.75) is 56.8 Å². The van der Waals surface area contributed by atoms with Crippen molar-refractivity contribution in [2.75, 3.05) is 9.80 Å². The first-order valence-corrected chi connectivity index (χ1v) is 23.4. The molecule has 2 spiro atoms. The molecule has 2 aliphatic carbocycles. The van der Waals surface area contributed by atoms with Crippen molar-refractivity contribution in [1.29, 1.82) is 0 Å². The molecule has 4 heterocycles. The first kappa shape index (κ1) is 35.5. The second-order valence-electron chi connectivity index (χ2n) is 18.3. The number of anilines is 2. The van der Waals surface area contributed by atoms with E-state index in [1.54, 1.807) is 0 Å². The summed E-state index contributed by atoms with van der Waals surface area (Å²) in [5.74, 6) is 1.35. The summed E-state index contributed by atoms with van der Waals surface area (Å²) < 4.78 is 9.81. The van der Waals surface area contributed by atoms with E-state index in [9.17, 15) is 0 Å². The monoisotopic (exact) mass is 969 g/mol. The van der Waals surface area contributed by atoms with E-state index in [0.717, 1.165) is 11.1 Å². The fourth-order valence-corrected chi connectivity index (χ4v) is 15.5. The molecule has 7 aromatic rings. The zero-order chi connectivity index (χ0) is 41.0. The second kappa shape index (κ2) is 12.0. The standard InChI is InChI=1S/C55H42N4O.Pt/c1-52(2,3)38-31-39-34-41(33-38)60-40-18-16-17-37(32-40)55(48-25-12-8-21-44(48)45-22-9-13-26-49(45)55)59-36-58(50-27-14-15-28-51(50)59)53(4,5)56-29-30-57(35-56)54(39)46-23-10-6-19-42(46)43-20-7-11-24-47(43)54;/h6-31,33H,1-5H3;/q-2;. The van der Waals surface area contributed by atoms with Crippen LogP contribution in [0.5, 0.6) is 11.5 Å². The van der Waals surface area contributed by atoms with Gasteiger partial charge in [-0.15, -0.1) is 0 Å². The van der Waals surface area contributed by atoms with Crippen LogP contribution in [0.4, 0.5) is 11.4 Å². The number of nitrogens with zero attached hydrogens (tertiary/aromatic N) is 4. The summed E-state index contributed by atoms with van der Waals surface area (Å²) in [5.41, 5.74) is 13.5. The maximum absolute atomic E-state index is 7.16. The fraction of sp³-hybridized carbons (Fsp3) is 0.164. The quantitative estimate of drug-likeness (QED) is 0.141. The van der Waals surface area contributed by atoms with E-state index in [2.05, 4.69) is 230 Å². The molecule has 13 rings (SSSR count). The van der Waals surface area contributed by atoms with Crippen LogP contribution in [0.3, 0.4) is 0 Å². The van der Waals surface area contributed by atoms with Gasteiger partial charge in [-0.3, -0.25) is 0 Å². The normalized spacial score (nSPS) is 18.6. The van der Waals surface area contributed by atoms with Crippen molar-refractivity contribution in [3.05, 3.63) is 215 Å². The molecule has 0 saturated carbocycles. The molecule has 0 amide bonds. The topological polar surface area (TPSA) is 22.2 Å². The summed E-state index contributed by atoms with van der Waals surface area (Å²) in [6, 6.07) is 64.2. The van der Waals surface area contributed by atoms with Gasteiger partial charge >= 0.3 is 367 Å². The number of benzene rings is 7. The van der Waals surface area contributed by atoms with Gasteiger partial charge in [-0.25, -0.2) is 0 Å². The zero-order valence-electron chi connectivity index (χ0n) is 34.6. The summed E-state index contributed by atoms with van der Waals surface area (Å²) >= 11 is -0.932. The zero-order valence-corrected chi connectivity index (χ0v) is 36.9. The van der Waals surface area contributed by atoms with E-state index in [0.29, 0.717) is 11.5 Å². The Balaban J connectivity index is 1.24. The van der Waals surface area contributed by atoms with Crippen LogP contribution in [0.1, 0.15) is 73.6 Å². The number of para-hydroxylation sites is 2. The second-order valence-corrected chi connectivity index (χ2v) is 20.9. The molecule has 4 aliphatic heterocycles. The number of fused-ring (bicyclic) bond motifs is 21. The molecule has 7 aromatic carbocycles. The molecule has 0 atom stereocenters. The van der Waals surface area contributed by atoms with Gasteiger partial charge < -0.3 is 0 Å². The third kappa shape index (κ3) is 4.35. The molecule has 5 nitrogen and oxygen atoms in total. The average molecular weight is 970 g/mol. The number of hydrogen-bond donors (Lipinski definition) is 0. The Labute approximate surface area is 365 Å². The first-order valence-electron chi connectivity index (χ1n) is 21.1. The van der Waals surface area contributed by atoms with E-state index in [1.165, 1.54) is 69.7 Å². The van der Waals surface area contributed by atoms with Crippen molar-refractivity contribution in [1.82, 2.24) is 9.80 Å². The van der Waals surface area contributed by atoms with Gasteiger partial charge in [0, 0.05) is 0 Å². The summed E-state index contributed by atoms with van der Waals surface area (Å²) in [5, 5.41) is 0.